The molecule has 2 aromatic rings. The van der Waals surface area contributed by atoms with Crippen LogP contribution in [-0.4, -0.2) is 31.1 Å². The second-order valence-electron chi connectivity index (χ2n) is 6.35. The largest absolute Gasteiger partial charge is 0.315 e. The summed E-state index contributed by atoms with van der Waals surface area (Å²) in [4.78, 5) is 5.54. The third-order valence-corrected chi connectivity index (χ3v) is 5.55. The fourth-order valence-corrected chi connectivity index (χ4v) is 4.34. The van der Waals surface area contributed by atoms with Crippen LogP contribution in [0.25, 0.3) is 0 Å². The van der Waals surface area contributed by atoms with Gasteiger partial charge in [-0.15, -0.1) is 11.3 Å². The van der Waals surface area contributed by atoms with Gasteiger partial charge in [0.05, 0.1) is 6.04 Å². The Morgan fingerprint density at radius 3 is 2.68 bits per heavy atom. The Hall–Kier alpha value is -1.16. The third kappa shape index (κ3) is 3.43. The lowest BCUT2D eigenvalue weighted by Gasteiger charge is -2.31. The van der Waals surface area contributed by atoms with E-state index in [0.717, 1.165) is 19.6 Å². The van der Waals surface area contributed by atoms with Gasteiger partial charge in [0.25, 0.3) is 0 Å². The lowest BCUT2D eigenvalue weighted by molar-refractivity contribution is 0.243. The molecule has 2 heterocycles. The van der Waals surface area contributed by atoms with Gasteiger partial charge in [-0.2, -0.15) is 0 Å². The number of aryl methyl sites for hydroxylation is 3. The molecule has 1 atom stereocenters. The van der Waals surface area contributed by atoms with Crippen molar-refractivity contribution < 1.29 is 0 Å². The average molecular weight is 314 g/mol. The number of nitrogens with one attached hydrogen (secondary N) is 1. The normalized spacial score (nSPS) is 18.1. The summed E-state index contributed by atoms with van der Waals surface area (Å²) in [5.41, 5.74) is 4.23. The minimum atomic E-state index is 0.401. The predicted molar refractivity (Wildman–Crippen MR) is 95.9 cm³/mol. The topological polar surface area (TPSA) is 15.3 Å². The fourth-order valence-electron chi connectivity index (χ4n) is 3.31. The van der Waals surface area contributed by atoms with Crippen LogP contribution in [0.5, 0.6) is 0 Å². The van der Waals surface area contributed by atoms with Gasteiger partial charge in [0, 0.05) is 29.4 Å². The highest BCUT2D eigenvalue weighted by atomic mass is 32.1. The summed E-state index contributed by atoms with van der Waals surface area (Å²) in [6, 6.07) is 11.9. The van der Waals surface area contributed by atoms with E-state index in [1.807, 2.05) is 11.3 Å². The van der Waals surface area contributed by atoms with Gasteiger partial charge in [-0.25, -0.2) is 0 Å². The molecule has 1 saturated heterocycles. The van der Waals surface area contributed by atoms with Crippen LogP contribution >= 0.6 is 11.3 Å². The summed E-state index contributed by atoms with van der Waals surface area (Å²) in [7, 11) is 0. The van der Waals surface area contributed by atoms with Gasteiger partial charge < -0.3 is 5.32 Å². The minimum Gasteiger partial charge on any atom is -0.315 e. The summed E-state index contributed by atoms with van der Waals surface area (Å²) in [6.45, 7) is 11.2. The maximum atomic E-state index is 3.53. The van der Waals surface area contributed by atoms with Crippen LogP contribution in [0.1, 0.15) is 38.9 Å². The van der Waals surface area contributed by atoms with Crippen molar-refractivity contribution in [2.24, 2.45) is 0 Å². The van der Waals surface area contributed by atoms with Crippen LogP contribution < -0.4 is 5.32 Å². The first-order valence-electron chi connectivity index (χ1n) is 8.23. The summed E-state index contributed by atoms with van der Waals surface area (Å²) >= 11 is 1.94. The number of hydrogen-bond donors (Lipinski definition) is 1. The first kappa shape index (κ1) is 15.7. The second kappa shape index (κ2) is 6.95. The van der Waals surface area contributed by atoms with Crippen molar-refractivity contribution in [3.63, 3.8) is 0 Å². The number of nitrogens with zero attached hydrogens (tertiary/aromatic N) is 1. The van der Waals surface area contributed by atoms with Gasteiger partial charge in [0.15, 0.2) is 0 Å². The molecule has 0 aliphatic carbocycles. The van der Waals surface area contributed by atoms with Crippen LogP contribution in [-0.2, 0) is 0 Å². The first-order valence-corrected chi connectivity index (χ1v) is 9.05. The van der Waals surface area contributed by atoms with Crippen molar-refractivity contribution >= 4 is 11.3 Å². The first-order chi connectivity index (χ1) is 10.6. The van der Waals surface area contributed by atoms with E-state index in [0.29, 0.717) is 6.04 Å². The summed E-state index contributed by atoms with van der Waals surface area (Å²) < 4.78 is 0. The van der Waals surface area contributed by atoms with E-state index in [1.54, 1.807) is 0 Å². The lowest BCUT2D eigenvalue weighted by atomic mass is 9.96. The zero-order chi connectivity index (χ0) is 15.5. The number of rotatable bonds is 3. The standard InChI is InChI=1S/C19H26N2S/c1-14-5-6-15(2)17(13-14)19(18-8-7-16(3)22-18)21-11-4-9-20-10-12-21/h5-8,13,19-20H,4,9-12H2,1-3H3. The smallest absolute Gasteiger partial charge is 0.0699 e. The summed E-state index contributed by atoms with van der Waals surface area (Å²) in [5.74, 6) is 0. The second-order valence-corrected chi connectivity index (χ2v) is 7.67. The predicted octanol–water partition coefficient (Wildman–Crippen LogP) is 4.06. The molecule has 1 aliphatic rings. The molecule has 0 amide bonds. The molecule has 2 nitrogen and oxygen atoms in total. The van der Waals surface area contributed by atoms with Crippen molar-refractivity contribution in [3.05, 3.63) is 56.8 Å². The van der Waals surface area contributed by atoms with E-state index in [1.165, 1.54) is 39.4 Å². The Kier molecular flexibility index (Phi) is 4.97. The van der Waals surface area contributed by atoms with Crippen molar-refractivity contribution in [2.75, 3.05) is 26.2 Å². The molecular weight excluding hydrogens is 288 g/mol. The van der Waals surface area contributed by atoms with E-state index >= 15 is 0 Å². The third-order valence-electron chi connectivity index (χ3n) is 4.50. The molecule has 0 saturated carbocycles. The maximum Gasteiger partial charge on any atom is 0.0699 e. The molecule has 118 valence electrons. The molecule has 22 heavy (non-hydrogen) atoms. The van der Waals surface area contributed by atoms with E-state index in [9.17, 15) is 0 Å². The molecule has 1 aliphatic heterocycles. The highest BCUT2D eigenvalue weighted by Gasteiger charge is 2.25. The van der Waals surface area contributed by atoms with Gasteiger partial charge in [0.1, 0.15) is 0 Å². The molecule has 1 aromatic carbocycles. The van der Waals surface area contributed by atoms with Crippen molar-refractivity contribution in [1.29, 1.82) is 0 Å². The van der Waals surface area contributed by atoms with Crippen molar-refractivity contribution in [2.45, 2.75) is 33.2 Å². The molecule has 3 rings (SSSR count). The van der Waals surface area contributed by atoms with E-state index in [2.05, 4.69) is 61.3 Å². The molecule has 3 heteroatoms. The van der Waals surface area contributed by atoms with Crippen molar-refractivity contribution in [3.8, 4) is 0 Å². The van der Waals surface area contributed by atoms with Gasteiger partial charge in [-0.3, -0.25) is 4.90 Å². The van der Waals surface area contributed by atoms with Crippen molar-refractivity contribution in [1.82, 2.24) is 10.2 Å². The van der Waals surface area contributed by atoms with Crippen LogP contribution in [0.4, 0.5) is 0 Å². The van der Waals surface area contributed by atoms with Crippen LogP contribution in [0.3, 0.4) is 0 Å². The Bertz CT molecular complexity index is 624. The molecule has 0 bridgehead atoms. The zero-order valence-electron chi connectivity index (χ0n) is 13.9. The quantitative estimate of drug-likeness (QED) is 0.919. The van der Waals surface area contributed by atoms with Crippen LogP contribution in [0.2, 0.25) is 0 Å². The number of hydrogen-bond acceptors (Lipinski definition) is 3. The Morgan fingerprint density at radius 2 is 1.91 bits per heavy atom. The van der Waals surface area contributed by atoms with E-state index < -0.39 is 0 Å². The highest BCUT2D eigenvalue weighted by Crippen LogP contribution is 2.35. The SMILES string of the molecule is Cc1ccc(C)c(C(c2ccc(C)s2)N2CCCNCC2)c1. The molecule has 1 unspecified atom stereocenters. The number of thiophene rings is 1. The monoisotopic (exact) mass is 314 g/mol. The van der Waals surface area contributed by atoms with Gasteiger partial charge >= 0.3 is 0 Å². The minimum absolute atomic E-state index is 0.401. The molecule has 1 fully saturated rings. The van der Waals surface area contributed by atoms with Crippen LogP contribution in [0, 0.1) is 20.8 Å². The maximum absolute atomic E-state index is 3.53. The van der Waals surface area contributed by atoms with E-state index in [-0.39, 0.29) is 0 Å². The van der Waals surface area contributed by atoms with Gasteiger partial charge in [0.2, 0.25) is 0 Å². The summed E-state index contributed by atoms with van der Waals surface area (Å²) in [5, 5.41) is 3.53. The molecule has 1 aromatic heterocycles. The Balaban J connectivity index is 2.03. The van der Waals surface area contributed by atoms with Gasteiger partial charge in [-0.05, 0) is 57.0 Å². The zero-order valence-corrected chi connectivity index (χ0v) is 14.7. The summed E-state index contributed by atoms with van der Waals surface area (Å²) in [6.07, 6.45) is 1.23. The highest BCUT2D eigenvalue weighted by molar-refractivity contribution is 7.12. The Labute approximate surface area is 138 Å². The Morgan fingerprint density at radius 1 is 1.05 bits per heavy atom. The van der Waals surface area contributed by atoms with E-state index in [4.69, 9.17) is 0 Å². The molecule has 1 N–H and O–H groups in total. The molecule has 0 spiro atoms. The lowest BCUT2D eigenvalue weighted by Crippen LogP contribution is -2.33. The average Bonchev–Trinajstić information content (AvgIpc) is 2.75. The van der Waals surface area contributed by atoms with Crippen LogP contribution in [0.15, 0.2) is 30.3 Å². The molecular formula is C19H26N2S. The fraction of sp³-hybridized carbons (Fsp3) is 0.474. The number of benzene rings is 1. The molecule has 0 radical (unpaired) electrons. The van der Waals surface area contributed by atoms with Gasteiger partial charge in [-0.1, -0.05) is 23.8 Å².